The van der Waals surface area contributed by atoms with Crippen LogP contribution in [0.3, 0.4) is 0 Å². The van der Waals surface area contributed by atoms with Crippen LogP contribution < -0.4 is 0 Å². The van der Waals surface area contributed by atoms with Gasteiger partial charge in [0.25, 0.3) is 0 Å². The summed E-state index contributed by atoms with van der Waals surface area (Å²) in [6.07, 6.45) is 1.51. The predicted molar refractivity (Wildman–Crippen MR) is 55.6 cm³/mol. The Labute approximate surface area is 94.8 Å². The van der Waals surface area contributed by atoms with E-state index in [9.17, 15) is 10.1 Å². The molecule has 0 amide bonds. The largest absolute Gasteiger partial charge is 0.413 e. The molecule has 0 aliphatic carbocycles. The van der Waals surface area contributed by atoms with E-state index in [1.807, 2.05) is 0 Å². The number of aromatic nitrogens is 4. The van der Waals surface area contributed by atoms with Gasteiger partial charge in [-0.15, -0.1) is 5.10 Å². The molecule has 0 aliphatic rings. The lowest BCUT2D eigenvalue weighted by Gasteiger charge is -1.95. The molecule has 0 saturated heterocycles. The van der Waals surface area contributed by atoms with Crippen LogP contribution in [-0.4, -0.2) is 24.9 Å². The molecule has 2 rings (SSSR count). The highest BCUT2D eigenvalue weighted by Crippen LogP contribution is 2.18. The number of halogens is 1. The van der Waals surface area contributed by atoms with Crippen molar-refractivity contribution in [3.8, 4) is 5.69 Å². The van der Waals surface area contributed by atoms with E-state index in [4.69, 9.17) is 11.6 Å². The molecule has 0 spiro atoms. The van der Waals surface area contributed by atoms with Crippen LogP contribution >= 0.6 is 11.6 Å². The van der Waals surface area contributed by atoms with E-state index in [1.165, 1.54) is 13.1 Å². The Morgan fingerprint density at radius 3 is 2.81 bits per heavy atom. The zero-order valence-electron chi connectivity index (χ0n) is 8.16. The van der Waals surface area contributed by atoms with Gasteiger partial charge in [0.2, 0.25) is 0 Å². The van der Waals surface area contributed by atoms with Gasteiger partial charge in [0.1, 0.15) is 5.69 Å². The van der Waals surface area contributed by atoms with Crippen molar-refractivity contribution in [2.75, 3.05) is 0 Å². The smallest absolute Gasteiger partial charge is 0.358 e. The average Bonchev–Trinajstić information content (AvgIpc) is 2.61. The standard InChI is InChI=1S/C8H6ClN5O2/c1-5-8(14(15)16)12-13(11-5)6-3-2-4-10-7(6)9/h2-4H,1H3. The average molecular weight is 240 g/mol. The van der Waals surface area contributed by atoms with Crippen LogP contribution in [0.5, 0.6) is 0 Å². The molecule has 0 radical (unpaired) electrons. The molecule has 2 aromatic rings. The first-order valence-electron chi connectivity index (χ1n) is 4.29. The molecular weight excluding hydrogens is 234 g/mol. The third-order valence-corrected chi connectivity index (χ3v) is 2.18. The second kappa shape index (κ2) is 3.86. The van der Waals surface area contributed by atoms with Crippen molar-refractivity contribution in [2.24, 2.45) is 0 Å². The quantitative estimate of drug-likeness (QED) is 0.451. The van der Waals surface area contributed by atoms with Gasteiger partial charge in [-0.05, 0) is 24.0 Å². The maximum Gasteiger partial charge on any atom is 0.413 e. The summed E-state index contributed by atoms with van der Waals surface area (Å²) in [4.78, 5) is 14.9. The lowest BCUT2D eigenvalue weighted by molar-refractivity contribution is -0.390. The highest BCUT2D eigenvalue weighted by Gasteiger charge is 2.21. The van der Waals surface area contributed by atoms with Crippen LogP contribution in [0.4, 0.5) is 5.82 Å². The van der Waals surface area contributed by atoms with Gasteiger partial charge < -0.3 is 10.1 Å². The molecule has 82 valence electrons. The fourth-order valence-corrected chi connectivity index (χ4v) is 1.37. The van der Waals surface area contributed by atoms with Gasteiger partial charge in [0.15, 0.2) is 10.8 Å². The Hall–Kier alpha value is -2.02. The van der Waals surface area contributed by atoms with E-state index in [1.54, 1.807) is 12.1 Å². The van der Waals surface area contributed by atoms with Gasteiger partial charge in [0.05, 0.1) is 5.10 Å². The summed E-state index contributed by atoms with van der Waals surface area (Å²) in [5.74, 6) is -0.292. The Morgan fingerprint density at radius 1 is 1.50 bits per heavy atom. The van der Waals surface area contributed by atoms with E-state index in [0.29, 0.717) is 5.69 Å². The van der Waals surface area contributed by atoms with Crippen LogP contribution in [0.15, 0.2) is 18.3 Å². The highest BCUT2D eigenvalue weighted by molar-refractivity contribution is 6.31. The minimum Gasteiger partial charge on any atom is -0.358 e. The second-order valence-corrected chi connectivity index (χ2v) is 3.33. The van der Waals surface area contributed by atoms with Crippen LogP contribution in [-0.2, 0) is 0 Å². The molecule has 8 heteroatoms. The van der Waals surface area contributed by atoms with E-state index >= 15 is 0 Å². The van der Waals surface area contributed by atoms with Crippen molar-refractivity contribution in [2.45, 2.75) is 6.92 Å². The molecule has 0 aliphatic heterocycles. The molecule has 16 heavy (non-hydrogen) atoms. The van der Waals surface area contributed by atoms with Crippen LogP contribution in [0.1, 0.15) is 5.69 Å². The lowest BCUT2D eigenvalue weighted by Crippen LogP contribution is -2.01. The van der Waals surface area contributed by atoms with Crippen molar-refractivity contribution in [1.82, 2.24) is 20.0 Å². The fourth-order valence-electron chi connectivity index (χ4n) is 1.17. The van der Waals surface area contributed by atoms with E-state index in [2.05, 4.69) is 15.2 Å². The molecule has 0 bridgehead atoms. The van der Waals surface area contributed by atoms with Crippen molar-refractivity contribution in [3.63, 3.8) is 0 Å². The van der Waals surface area contributed by atoms with Crippen molar-refractivity contribution >= 4 is 17.4 Å². The number of rotatable bonds is 2. The zero-order chi connectivity index (χ0) is 11.7. The Balaban J connectivity index is 2.54. The number of pyridine rings is 1. The molecule has 2 heterocycles. The van der Waals surface area contributed by atoms with Crippen molar-refractivity contribution in [3.05, 3.63) is 39.3 Å². The minimum absolute atomic E-state index is 0.187. The number of nitro groups is 1. The number of aryl methyl sites for hydroxylation is 1. The zero-order valence-corrected chi connectivity index (χ0v) is 8.92. The van der Waals surface area contributed by atoms with Crippen molar-refractivity contribution < 1.29 is 4.92 Å². The van der Waals surface area contributed by atoms with Gasteiger partial charge in [-0.25, -0.2) is 4.98 Å². The summed E-state index contributed by atoms with van der Waals surface area (Å²) in [6.45, 7) is 1.51. The number of hydrogen-bond acceptors (Lipinski definition) is 5. The minimum atomic E-state index is -0.594. The number of nitrogens with zero attached hydrogens (tertiary/aromatic N) is 5. The van der Waals surface area contributed by atoms with Gasteiger partial charge in [0, 0.05) is 6.20 Å². The molecular formula is C8H6ClN5O2. The van der Waals surface area contributed by atoms with Gasteiger partial charge >= 0.3 is 5.82 Å². The van der Waals surface area contributed by atoms with Crippen LogP contribution in [0.2, 0.25) is 5.15 Å². The predicted octanol–water partition coefficient (Wildman–Crippen LogP) is 1.53. The van der Waals surface area contributed by atoms with E-state index < -0.39 is 4.92 Å². The Kier molecular flexibility index (Phi) is 2.53. The number of hydrogen-bond donors (Lipinski definition) is 0. The monoisotopic (exact) mass is 239 g/mol. The summed E-state index contributed by atoms with van der Waals surface area (Å²) in [5, 5.41) is 18.4. The van der Waals surface area contributed by atoms with Gasteiger partial charge in [-0.2, -0.15) is 0 Å². The molecule has 0 fully saturated rings. The molecule has 2 aromatic heterocycles. The van der Waals surface area contributed by atoms with Gasteiger partial charge in [-0.1, -0.05) is 16.4 Å². The molecule has 7 nitrogen and oxygen atoms in total. The summed E-state index contributed by atoms with van der Waals surface area (Å²) in [7, 11) is 0. The van der Waals surface area contributed by atoms with Crippen LogP contribution in [0.25, 0.3) is 5.69 Å². The second-order valence-electron chi connectivity index (χ2n) is 2.97. The van der Waals surface area contributed by atoms with Gasteiger partial charge in [-0.3, -0.25) is 0 Å². The summed E-state index contributed by atoms with van der Waals surface area (Å²) in [6, 6.07) is 3.27. The molecule has 0 N–H and O–H groups in total. The third-order valence-electron chi connectivity index (χ3n) is 1.89. The van der Waals surface area contributed by atoms with E-state index in [0.717, 1.165) is 4.80 Å². The highest BCUT2D eigenvalue weighted by atomic mass is 35.5. The summed E-state index contributed by atoms with van der Waals surface area (Å²) in [5.41, 5.74) is 0.630. The van der Waals surface area contributed by atoms with Crippen molar-refractivity contribution in [1.29, 1.82) is 0 Å². The summed E-state index contributed by atoms with van der Waals surface area (Å²) < 4.78 is 0. The van der Waals surface area contributed by atoms with E-state index in [-0.39, 0.29) is 16.7 Å². The fraction of sp³-hybridized carbons (Fsp3) is 0.125. The molecule has 0 saturated carbocycles. The molecule has 0 atom stereocenters. The Bertz CT molecular complexity index is 553. The lowest BCUT2D eigenvalue weighted by atomic mass is 10.4. The maximum atomic E-state index is 10.6. The molecule has 0 unspecified atom stereocenters. The first-order valence-corrected chi connectivity index (χ1v) is 4.66. The normalized spacial score (nSPS) is 10.4. The third kappa shape index (κ3) is 1.72. The first kappa shape index (κ1) is 10.5. The molecule has 0 aromatic carbocycles. The first-order chi connectivity index (χ1) is 7.59. The summed E-state index contributed by atoms with van der Waals surface area (Å²) >= 11 is 5.82. The topological polar surface area (TPSA) is 86.7 Å². The Morgan fingerprint density at radius 2 is 2.25 bits per heavy atom. The van der Waals surface area contributed by atoms with Crippen LogP contribution in [0, 0.1) is 17.0 Å². The SMILES string of the molecule is Cc1nn(-c2cccnc2Cl)nc1[N+](=O)[O-]. The maximum absolute atomic E-state index is 10.6.